The zero-order chi connectivity index (χ0) is 20.8. The summed E-state index contributed by atoms with van der Waals surface area (Å²) in [5, 5.41) is 17.2. The van der Waals surface area contributed by atoms with Crippen LogP contribution in [0.1, 0.15) is 11.3 Å². The number of benzene rings is 4. The summed E-state index contributed by atoms with van der Waals surface area (Å²) in [7, 11) is -0.779. The Labute approximate surface area is 177 Å². The maximum absolute atomic E-state index is 11.0. The highest BCUT2D eigenvalue weighted by Crippen LogP contribution is 2.49. The van der Waals surface area contributed by atoms with Gasteiger partial charge in [-0.3, -0.25) is 10.1 Å². The third-order valence-electron chi connectivity index (χ3n) is 4.82. The molecule has 0 bridgehead atoms. The molecule has 30 heavy (non-hydrogen) atoms. The second-order valence-corrected chi connectivity index (χ2v) is 9.09. The lowest BCUT2D eigenvalue weighted by Crippen LogP contribution is -2.22. The van der Waals surface area contributed by atoms with E-state index < -0.39 is 7.92 Å². The monoisotopic (exact) mass is 412 g/mol. The van der Waals surface area contributed by atoms with E-state index in [0.717, 1.165) is 5.69 Å². The molecule has 0 aliphatic rings. The normalized spacial score (nSPS) is 11.8. The number of nitro benzene ring substituents is 1. The predicted octanol–water partition coefficient (Wildman–Crippen LogP) is 5.84. The number of hydrogen-bond donors (Lipinski definition) is 1. The van der Waals surface area contributed by atoms with Crippen LogP contribution in [-0.2, 0) is 0 Å². The molecule has 1 unspecified atom stereocenters. The summed E-state index contributed by atoms with van der Waals surface area (Å²) in [4.78, 5) is 10.6. The van der Waals surface area contributed by atoms with Crippen molar-refractivity contribution in [1.29, 1.82) is 0 Å². The van der Waals surface area contributed by atoms with Crippen molar-refractivity contribution in [2.75, 3.05) is 5.32 Å². The van der Waals surface area contributed by atoms with Crippen LogP contribution in [0.3, 0.4) is 0 Å². The second-order valence-electron chi connectivity index (χ2n) is 6.80. The van der Waals surface area contributed by atoms with Gasteiger partial charge in [0, 0.05) is 17.8 Å². The molecule has 0 aromatic heterocycles. The van der Waals surface area contributed by atoms with E-state index in [1.54, 1.807) is 12.1 Å². The van der Waals surface area contributed by atoms with E-state index in [2.05, 4.69) is 66.0 Å². The highest BCUT2D eigenvalue weighted by atomic mass is 31.1. The summed E-state index contributed by atoms with van der Waals surface area (Å²) >= 11 is 0. The van der Waals surface area contributed by atoms with Crippen LogP contribution in [0, 0.1) is 10.1 Å². The van der Waals surface area contributed by atoms with Crippen molar-refractivity contribution in [1.82, 2.24) is 0 Å². The molecule has 4 aromatic carbocycles. The Hall–Kier alpha value is -3.49. The summed E-state index contributed by atoms with van der Waals surface area (Å²) in [5.74, 6) is 0.00690. The summed E-state index contributed by atoms with van der Waals surface area (Å²) in [6, 6.07) is 38.0. The lowest BCUT2D eigenvalue weighted by molar-refractivity contribution is -0.384. The molecule has 0 radical (unpaired) electrons. The highest BCUT2D eigenvalue weighted by molar-refractivity contribution is 7.73. The molecule has 0 heterocycles. The molecular formula is C25H21N2O2P. The Balaban J connectivity index is 1.79. The summed E-state index contributed by atoms with van der Waals surface area (Å²) < 4.78 is 0. The Kier molecular flexibility index (Phi) is 6.17. The van der Waals surface area contributed by atoms with Gasteiger partial charge < -0.3 is 5.32 Å². The molecule has 1 atom stereocenters. The van der Waals surface area contributed by atoms with Crippen LogP contribution >= 0.6 is 7.92 Å². The van der Waals surface area contributed by atoms with Gasteiger partial charge in [-0.05, 0) is 36.2 Å². The molecule has 0 amide bonds. The quantitative estimate of drug-likeness (QED) is 0.236. The van der Waals surface area contributed by atoms with Crippen molar-refractivity contribution in [2.45, 2.75) is 5.78 Å². The number of anilines is 1. The fraction of sp³-hybridized carbons (Fsp3) is 0.0400. The van der Waals surface area contributed by atoms with Crippen molar-refractivity contribution in [2.24, 2.45) is 0 Å². The molecular weight excluding hydrogens is 391 g/mol. The second kappa shape index (κ2) is 9.34. The number of rotatable bonds is 7. The molecule has 1 N–H and O–H groups in total. The third kappa shape index (κ3) is 4.56. The van der Waals surface area contributed by atoms with E-state index in [-0.39, 0.29) is 16.4 Å². The SMILES string of the molecule is O=[N+]([O-])c1ccc(NC(c2ccccc2)P(c2ccccc2)c2ccccc2)cc1. The Bertz CT molecular complexity index is 1050. The van der Waals surface area contributed by atoms with Gasteiger partial charge in [-0.2, -0.15) is 0 Å². The van der Waals surface area contributed by atoms with E-state index in [1.165, 1.54) is 28.3 Å². The average molecular weight is 412 g/mol. The number of nitrogens with one attached hydrogen (secondary N) is 1. The smallest absolute Gasteiger partial charge is 0.269 e. The lowest BCUT2D eigenvalue weighted by atomic mass is 10.2. The van der Waals surface area contributed by atoms with Gasteiger partial charge in [-0.15, -0.1) is 0 Å². The van der Waals surface area contributed by atoms with Gasteiger partial charge in [-0.25, -0.2) is 0 Å². The molecule has 5 heteroatoms. The van der Waals surface area contributed by atoms with Gasteiger partial charge in [-0.1, -0.05) is 91.0 Å². The van der Waals surface area contributed by atoms with E-state index >= 15 is 0 Å². The first kappa shape index (κ1) is 19.8. The number of nitrogens with zero attached hydrogens (tertiary/aromatic N) is 1. The summed E-state index contributed by atoms with van der Waals surface area (Å²) in [5.41, 5.74) is 2.12. The van der Waals surface area contributed by atoms with E-state index in [4.69, 9.17) is 0 Å². The first-order valence-corrected chi connectivity index (χ1v) is 11.1. The van der Waals surface area contributed by atoms with Crippen molar-refractivity contribution in [3.8, 4) is 0 Å². The molecule has 0 fully saturated rings. The molecule has 0 saturated heterocycles. The molecule has 0 saturated carbocycles. The minimum absolute atomic E-state index is 0.00690. The van der Waals surface area contributed by atoms with Gasteiger partial charge in [0.2, 0.25) is 0 Å². The first-order chi connectivity index (χ1) is 14.7. The molecule has 4 rings (SSSR count). The fourth-order valence-electron chi connectivity index (χ4n) is 3.39. The molecule has 0 aliphatic heterocycles. The van der Waals surface area contributed by atoms with E-state index in [1.807, 2.05) is 30.3 Å². The average Bonchev–Trinajstić information content (AvgIpc) is 2.81. The van der Waals surface area contributed by atoms with Crippen LogP contribution in [0.25, 0.3) is 0 Å². The molecule has 0 spiro atoms. The number of hydrogen-bond acceptors (Lipinski definition) is 3. The third-order valence-corrected chi connectivity index (χ3v) is 7.48. The Morgan fingerprint density at radius 1 is 0.667 bits per heavy atom. The van der Waals surface area contributed by atoms with Crippen molar-refractivity contribution < 1.29 is 4.92 Å². The van der Waals surface area contributed by atoms with Crippen LogP contribution in [0.15, 0.2) is 115 Å². The van der Waals surface area contributed by atoms with Gasteiger partial charge >= 0.3 is 0 Å². The van der Waals surface area contributed by atoms with Crippen LogP contribution in [0.4, 0.5) is 11.4 Å². The van der Waals surface area contributed by atoms with Gasteiger partial charge in [0.15, 0.2) is 0 Å². The van der Waals surface area contributed by atoms with Gasteiger partial charge in [0.1, 0.15) is 0 Å². The number of non-ortho nitro benzene ring substituents is 1. The van der Waals surface area contributed by atoms with Gasteiger partial charge in [0.25, 0.3) is 5.69 Å². The van der Waals surface area contributed by atoms with E-state index in [0.29, 0.717) is 0 Å². The summed E-state index contributed by atoms with van der Waals surface area (Å²) in [6.45, 7) is 0. The number of nitro groups is 1. The van der Waals surface area contributed by atoms with E-state index in [9.17, 15) is 10.1 Å². The first-order valence-electron chi connectivity index (χ1n) is 9.67. The van der Waals surface area contributed by atoms with Crippen LogP contribution in [0.2, 0.25) is 0 Å². The minimum Gasteiger partial charge on any atom is -0.374 e. The van der Waals surface area contributed by atoms with Crippen LogP contribution in [-0.4, -0.2) is 4.92 Å². The zero-order valence-electron chi connectivity index (χ0n) is 16.3. The van der Waals surface area contributed by atoms with Crippen LogP contribution in [0.5, 0.6) is 0 Å². The molecule has 4 aromatic rings. The maximum atomic E-state index is 11.0. The van der Waals surface area contributed by atoms with Crippen molar-refractivity contribution in [3.63, 3.8) is 0 Å². The topological polar surface area (TPSA) is 55.2 Å². The highest BCUT2D eigenvalue weighted by Gasteiger charge is 2.26. The lowest BCUT2D eigenvalue weighted by Gasteiger charge is -2.30. The molecule has 4 nitrogen and oxygen atoms in total. The predicted molar refractivity (Wildman–Crippen MR) is 125 cm³/mol. The van der Waals surface area contributed by atoms with Crippen molar-refractivity contribution >= 4 is 29.9 Å². The zero-order valence-corrected chi connectivity index (χ0v) is 17.2. The molecule has 0 aliphatic carbocycles. The standard InChI is InChI=1S/C25H21N2O2P/c28-27(29)22-18-16-21(17-19-22)26-25(20-10-4-1-5-11-20)30(23-12-6-2-7-13-23)24-14-8-3-9-15-24/h1-19,25-26H. The Morgan fingerprint density at radius 2 is 1.13 bits per heavy atom. The van der Waals surface area contributed by atoms with Crippen LogP contribution < -0.4 is 15.9 Å². The Morgan fingerprint density at radius 3 is 1.60 bits per heavy atom. The minimum atomic E-state index is -0.779. The molecule has 148 valence electrons. The van der Waals surface area contributed by atoms with Gasteiger partial charge in [0.05, 0.1) is 10.7 Å². The van der Waals surface area contributed by atoms with Crippen molar-refractivity contribution in [3.05, 3.63) is 131 Å². The maximum Gasteiger partial charge on any atom is 0.269 e. The largest absolute Gasteiger partial charge is 0.374 e. The fourth-order valence-corrected chi connectivity index (χ4v) is 6.02. The summed E-state index contributed by atoms with van der Waals surface area (Å²) in [6.07, 6.45) is 0.